The van der Waals surface area contributed by atoms with Crippen LogP contribution >= 0.6 is 12.2 Å². The summed E-state index contributed by atoms with van der Waals surface area (Å²) in [5, 5.41) is 8.98. The number of nitrogens with zero attached hydrogens (tertiary/aromatic N) is 6. The minimum atomic E-state index is -4.99. The van der Waals surface area contributed by atoms with E-state index in [1.165, 1.54) is 23.1 Å². The maximum Gasteiger partial charge on any atom is 0.421 e. The highest BCUT2D eigenvalue weighted by Crippen LogP contribution is 2.50. The Balaban J connectivity index is 1.42. The number of amides is 2. The van der Waals surface area contributed by atoms with E-state index >= 15 is 4.39 Å². The minimum absolute atomic E-state index is 0.152. The molecule has 3 heterocycles. The summed E-state index contributed by atoms with van der Waals surface area (Å²) in [6.45, 7) is 2.18. The van der Waals surface area contributed by atoms with E-state index in [-0.39, 0.29) is 29.1 Å². The van der Waals surface area contributed by atoms with Gasteiger partial charge in [0, 0.05) is 44.1 Å². The first-order valence-electron chi connectivity index (χ1n) is 12.5. The molecular weight excluding hydrogens is 552 g/mol. The molecule has 3 fully saturated rings. The lowest BCUT2D eigenvalue weighted by Gasteiger charge is -2.43. The molecule has 3 aliphatic rings. The van der Waals surface area contributed by atoms with Gasteiger partial charge in [0.05, 0.1) is 5.69 Å². The predicted octanol–water partition coefficient (Wildman–Crippen LogP) is 3.32. The third kappa shape index (κ3) is 4.62. The van der Waals surface area contributed by atoms with Crippen LogP contribution in [-0.2, 0) is 15.8 Å². The van der Waals surface area contributed by atoms with Crippen molar-refractivity contribution in [3.05, 3.63) is 47.5 Å². The summed E-state index contributed by atoms with van der Waals surface area (Å²) < 4.78 is 62.6. The number of carbonyl (C=O) groups excluding carboxylic acids is 2. The molecule has 1 saturated carbocycles. The first kappa shape index (κ1) is 27.7. The average Bonchev–Trinajstić information content (AvgIpc) is 3.13. The molecule has 14 heteroatoms. The van der Waals surface area contributed by atoms with Crippen molar-refractivity contribution in [3.63, 3.8) is 0 Å². The quantitative estimate of drug-likeness (QED) is 0.396. The highest BCUT2D eigenvalue weighted by atomic mass is 32.1. The third-order valence-corrected chi connectivity index (χ3v) is 7.90. The summed E-state index contributed by atoms with van der Waals surface area (Å²) >= 11 is 5.51. The number of benzene rings is 1. The molecule has 0 atom stereocenters. The number of halogens is 4. The molecule has 2 aromatic rings. The molecule has 2 aliphatic heterocycles. The number of ether oxygens (including phenoxy) is 1. The highest BCUT2D eigenvalue weighted by Gasteiger charge is 2.60. The van der Waals surface area contributed by atoms with E-state index in [9.17, 15) is 28.0 Å². The number of thiocarbonyl (C=S) groups is 1. The fourth-order valence-corrected chi connectivity index (χ4v) is 5.69. The highest BCUT2D eigenvalue weighted by molar-refractivity contribution is 7.81. The number of anilines is 2. The van der Waals surface area contributed by atoms with Crippen LogP contribution in [0, 0.1) is 17.1 Å². The van der Waals surface area contributed by atoms with Crippen LogP contribution in [0.3, 0.4) is 0 Å². The van der Waals surface area contributed by atoms with Crippen LogP contribution in [0.5, 0.6) is 5.75 Å². The molecule has 9 nitrogen and oxygen atoms in total. The lowest BCUT2D eigenvalue weighted by Crippen LogP contribution is -2.55. The second kappa shape index (κ2) is 10.3. The third-order valence-electron chi connectivity index (χ3n) is 7.53. The van der Waals surface area contributed by atoms with Gasteiger partial charge in [-0.3, -0.25) is 14.5 Å². The second-order valence-corrected chi connectivity index (χ2v) is 10.3. The zero-order valence-corrected chi connectivity index (χ0v) is 22.2. The van der Waals surface area contributed by atoms with Gasteiger partial charge in [-0.15, -0.1) is 0 Å². The van der Waals surface area contributed by atoms with Gasteiger partial charge >= 0.3 is 6.18 Å². The van der Waals surface area contributed by atoms with E-state index < -0.39 is 40.4 Å². The number of piperazine rings is 1. The fourth-order valence-electron chi connectivity index (χ4n) is 5.23. The van der Waals surface area contributed by atoms with Crippen LogP contribution in [0.4, 0.5) is 28.9 Å². The number of aromatic nitrogens is 1. The SMILES string of the molecule is CN1CCN(C(=O)COc2ccc(N3C(=S)N(c4ccnc(C#N)c4C(F)(F)F)C(=O)C34CCC4)cc2F)CC1. The molecule has 0 radical (unpaired) electrons. The molecule has 1 aromatic carbocycles. The van der Waals surface area contributed by atoms with Gasteiger partial charge in [0.15, 0.2) is 29.0 Å². The van der Waals surface area contributed by atoms with Crippen LogP contribution in [0.1, 0.15) is 30.5 Å². The summed E-state index contributed by atoms with van der Waals surface area (Å²) in [4.78, 5) is 35.5. The van der Waals surface area contributed by atoms with E-state index in [1.807, 2.05) is 7.05 Å². The van der Waals surface area contributed by atoms with E-state index in [0.717, 1.165) is 36.3 Å². The molecule has 2 amide bonds. The Hall–Kier alpha value is -3.83. The molecule has 0 bridgehead atoms. The van der Waals surface area contributed by atoms with Crippen LogP contribution < -0.4 is 14.5 Å². The van der Waals surface area contributed by atoms with E-state index in [4.69, 9.17) is 17.0 Å². The van der Waals surface area contributed by atoms with E-state index in [0.29, 0.717) is 32.4 Å². The van der Waals surface area contributed by atoms with Gasteiger partial charge in [-0.2, -0.15) is 18.4 Å². The smallest absolute Gasteiger partial charge is 0.421 e. The van der Waals surface area contributed by atoms with Crippen LogP contribution in [0.2, 0.25) is 0 Å². The monoisotopic (exact) mass is 576 g/mol. The van der Waals surface area contributed by atoms with E-state index in [1.54, 1.807) is 4.90 Å². The zero-order chi connectivity index (χ0) is 28.8. The molecule has 1 aliphatic carbocycles. The molecule has 0 unspecified atom stereocenters. The summed E-state index contributed by atoms with van der Waals surface area (Å²) in [6.07, 6.45) is -2.79. The Morgan fingerprint density at radius 1 is 1.20 bits per heavy atom. The van der Waals surface area contributed by atoms with Crippen molar-refractivity contribution in [2.24, 2.45) is 0 Å². The molecule has 1 spiro atoms. The second-order valence-electron chi connectivity index (χ2n) is 9.89. The molecule has 40 heavy (non-hydrogen) atoms. The number of nitriles is 1. The minimum Gasteiger partial charge on any atom is -0.481 e. The number of hydrogen-bond donors (Lipinski definition) is 0. The Morgan fingerprint density at radius 3 is 2.48 bits per heavy atom. The Kier molecular flexibility index (Phi) is 7.13. The lowest BCUT2D eigenvalue weighted by molar-refractivity contribution is -0.137. The van der Waals surface area contributed by atoms with Crippen molar-refractivity contribution in [2.45, 2.75) is 31.0 Å². The summed E-state index contributed by atoms with van der Waals surface area (Å²) in [6, 6.07) is 6.23. The average molecular weight is 577 g/mol. The van der Waals surface area contributed by atoms with Crippen LogP contribution in [-0.4, -0.2) is 77.1 Å². The molecular formula is C26H24F4N6O3S. The fraction of sp³-hybridized carbons (Fsp3) is 0.423. The number of carbonyl (C=O) groups is 2. The van der Waals surface area contributed by atoms with Gasteiger partial charge < -0.3 is 19.4 Å². The topological polar surface area (TPSA) is 93.0 Å². The first-order chi connectivity index (χ1) is 19.0. The van der Waals surface area contributed by atoms with Gasteiger partial charge in [-0.25, -0.2) is 9.37 Å². The Labute approximate surface area is 232 Å². The molecule has 2 saturated heterocycles. The predicted molar refractivity (Wildman–Crippen MR) is 139 cm³/mol. The molecule has 210 valence electrons. The van der Waals surface area contributed by atoms with Crippen molar-refractivity contribution in [2.75, 3.05) is 49.6 Å². The van der Waals surface area contributed by atoms with Crippen molar-refractivity contribution in [3.8, 4) is 11.8 Å². The Bertz CT molecular complexity index is 1420. The number of likely N-dealkylation sites (N-methyl/N-ethyl adjacent to an activating group) is 1. The summed E-state index contributed by atoms with van der Waals surface area (Å²) in [5.41, 5.74) is -4.00. The van der Waals surface area contributed by atoms with Gasteiger partial charge in [0.1, 0.15) is 17.2 Å². The number of alkyl halides is 3. The van der Waals surface area contributed by atoms with Crippen molar-refractivity contribution in [1.82, 2.24) is 14.8 Å². The summed E-state index contributed by atoms with van der Waals surface area (Å²) in [7, 11) is 1.96. The Morgan fingerprint density at radius 2 is 1.90 bits per heavy atom. The van der Waals surface area contributed by atoms with E-state index in [2.05, 4.69) is 9.88 Å². The van der Waals surface area contributed by atoms with Gasteiger partial charge in [0.25, 0.3) is 11.8 Å². The van der Waals surface area contributed by atoms with Gasteiger partial charge in [0.2, 0.25) is 0 Å². The largest absolute Gasteiger partial charge is 0.481 e. The molecule has 5 rings (SSSR count). The van der Waals surface area contributed by atoms with Gasteiger partial charge in [-0.1, -0.05) is 0 Å². The summed E-state index contributed by atoms with van der Waals surface area (Å²) in [5.74, 6) is -1.97. The maximum absolute atomic E-state index is 15.2. The normalized spacial score (nSPS) is 19.1. The number of pyridine rings is 1. The lowest BCUT2D eigenvalue weighted by atomic mass is 9.75. The molecule has 0 N–H and O–H groups in total. The van der Waals surface area contributed by atoms with Crippen molar-refractivity contribution >= 4 is 40.5 Å². The number of rotatable bonds is 5. The maximum atomic E-state index is 15.2. The first-order valence-corrected chi connectivity index (χ1v) is 12.9. The van der Waals surface area contributed by atoms with Crippen molar-refractivity contribution in [1.29, 1.82) is 5.26 Å². The van der Waals surface area contributed by atoms with Crippen molar-refractivity contribution < 1.29 is 31.9 Å². The van der Waals surface area contributed by atoms with Crippen LogP contribution in [0.25, 0.3) is 0 Å². The number of hydrogen-bond acceptors (Lipinski definition) is 7. The van der Waals surface area contributed by atoms with Crippen LogP contribution in [0.15, 0.2) is 30.5 Å². The zero-order valence-electron chi connectivity index (χ0n) is 21.4. The van der Waals surface area contributed by atoms with Gasteiger partial charge in [-0.05, 0) is 56.7 Å². The molecule has 1 aromatic heterocycles. The standard InChI is InChI=1S/C26H24F4N6O3S/c1-33-9-11-34(12-10-33)21(37)15-39-20-4-3-16(13-17(20)27)36-24(40)35(23(38)25(36)6-2-7-25)19-5-8-32-18(14-31)22(19)26(28,29)30/h3-5,8,13H,2,6-7,9-12,15H2,1H3.